The van der Waals surface area contributed by atoms with Gasteiger partial charge in [-0.1, -0.05) is 31.5 Å². The highest BCUT2D eigenvalue weighted by Crippen LogP contribution is 2.66. The molecule has 1 aromatic rings. The van der Waals surface area contributed by atoms with E-state index in [1.54, 1.807) is 0 Å². The van der Waals surface area contributed by atoms with Gasteiger partial charge in [-0.3, -0.25) is 0 Å². The van der Waals surface area contributed by atoms with Crippen molar-refractivity contribution in [2.75, 3.05) is 6.61 Å². The summed E-state index contributed by atoms with van der Waals surface area (Å²) in [6.45, 7) is 8.60. The summed E-state index contributed by atoms with van der Waals surface area (Å²) in [7, 11) is 0. The Bertz CT molecular complexity index is 625. The SMILES string of the molecule is CCOc1ccc(CNC23CC4C[C@@](C)(C2)C[C@](C)(C4)C3)cc1Cl. The van der Waals surface area contributed by atoms with E-state index in [0.29, 0.717) is 23.0 Å². The maximum Gasteiger partial charge on any atom is 0.137 e. The van der Waals surface area contributed by atoms with Crippen molar-refractivity contribution in [3.05, 3.63) is 28.8 Å². The lowest BCUT2D eigenvalue weighted by Gasteiger charge is -2.65. The third-order valence-electron chi connectivity index (χ3n) is 6.59. The van der Waals surface area contributed by atoms with E-state index in [-0.39, 0.29) is 0 Å². The summed E-state index contributed by atoms with van der Waals surface area (Å²) in [5, 5.41) is 4.70. The summed E-state index contributed by atoms with van der Waals surface area (Å²) in [6, 6.07) is 6.21. The van der Waals surface area contributed by atoms with E-state index in [9.17, 15) is 0 Å². The molecule has 24 heavy (non-hydrogen) atoms. The van der Waals surface area contributed by atoms with Gasteiger partial charge in [-0.2, -0.15) is 0 Å². The average molecular weight is 348 g/mol. The van der Waals surface area contributed by atoms with Crippen LogP contribution in [0.15, 0.2) is 18.2 Å². The Kier molecular flexibility index (Phi) is 3.93. The highest BCUT2D eigenvalue weighted by atomic mass is 35.5. The second-order valence-electron chi connectivity index (χ2n) is 9.46. The van der Waals surface area contributed by atoms with E-state index in [1.807, 2.05) is 13.0 Å². The van der Waals surface area contributed by atoms with Crippen LogP contribution < -0.4 is 10.1 Å². The molecule has 4 aliphatic rings. The standard InChI is InChI=1S/C21H30ClNO/c1-4-24-18-6-5-15(7-17(18)22)11-23-21-10-16-8-19(2,13-21)12-20(3,9-16)14-21/h5-7,16,23H,4,8-14H2,1-3H3/t16?,19-,20+,21?. The Morgan fingerprint density at radius 1 is 1.12 bits per heavy atom. The first-order valence-electron chi connectivity index (χ1n) is 9.49. The van der Waals surface area contributed by atoms with Crippen molar-refractivity contribution in [2.45, 2.75) is 71.4 Å². The van der Waals surface area contributed by atoms with Gasteiger partial charge in [0.1, 0.15) is 5.75 Å². The van der Waals surface area contributed by atoms with Gasteiger partial charge in [-0.05, 0) is 79.9 Å². The van der Waals surface area contributed by atoms with Crippen LogP contribution in [0, 0.1) is 16.7 Å². The molecule has 3 heteroatoms. The number of rotatable bonds is 5. The highest BCUT2D eigenvalue weighted by Gasteiger charge is 2.59. The van der Waals surface area contributed by atoms with Gasteiger partial charge in [0, 0.05) is 12.1 Å². The Balaban J connectivity index is 1.49. The number of benzene rings is 1. The van der Waals surface area contributed by atoms with Crippen molar-refractivity contribution in [3.8, 4) is 5.75 Å². The van der Waals surface area contributed by atoms with Crippen LogP contribution in [-0.4, -0.2) is 12.1 Å². The maximum absolute atomic E-state index is 6.35. The summed E-state index contributed by atoms with van der Waals surface area (Å²) in [5.74, 6) is 1.71. The molecule has 2 nitrogen and oxygen atoms in total. The molecule has 0 aromatic heterocycles. The zero-order chi connectivity index (χ0) is 17.0. The van der Waals surface area contributed by atoms with Crippen molar-refractivity contribution < 1.29 is 4.74 Å². The molecule has 5 rings (SSSR count). The van der Waals surface area contributed by atoms with Crippen molar-refractivity contribution in [1.82, 2.24) is 5.32 Å². The monoisotopic (exact) mass is 347 g/mol. The second kappa shape index (κ2) is 5.64. The van der Waals surface area contributed by atoms with Crippen LogP contribution in [0.1, 0.15) is 64.9 Å². The Morgan fingerprint density at radius 3 is 2.42 bits per heavy atom. The lowest BCUT2D eigenvalue weighted by Crippen LogP contribution is -2.63. The van der Waals surface area contributed by atoms with Gasteiger partial charge < -0.3 is 10.1 Å². The summed E-state index contributed by atoms with van der Waals surface area (Å²) in [5.41, 5.74) is 2.71. The number of hydrogen-bond donors (Lipinski definition) is 1. The zero-order valence-electron chi connectivity index (χ0n) is 15.3. The van der Waals surface area contributed by atoms with Gasteiger partial charge in [0.25, 0.3) is 0 Å². The number of nitrogens with one attached hydrogen (secondary N) is 1. The Labute approximate surface area is 151 Å². The molecule has 4 saturated carbocycles. The smallest absolute Gasteiger partial charge is 0.137 e. The molecule has 4 atom stereocenters. The minimum atomic E-state index is 0.341. The third kappa shape index (κ3) is 2.97. The Hall–Kier alpha value is -0.730. The van der Waals surface area contributed by atoms with Crippen molar-refractivity contribution in [1.29, 1.82) is 0 Å². The second-order valence-corrected chi connectivity index (χ2v) is 9.87. The third-order valence-corrected chi connectivity index (χ3v) is 6.89. The fourth-order valence-electron chi connectivity index (χ4n) is 6.86. The first kappa shape index (κ1) is 16.7. The van der Waals surface area contributed by atoms with Crippen molar-refractivity contribution >= 4 is 11.6 Å². The average Bonchev–Trinajstić information content (AvgIpc) is 2.44. The summed E-state index contributed by atoms with van der Waals surface area (Å²) in [4.78, 5) is 0. The van der Waals surface area contributed by atoms with Gasteiger partial charge >= 0.3 is 0 Å². The minimum Gasteiger partial charge on any atom is -0.492 e. The van der Waals surface area contributed by atoms with E-state index in [1.165, 1.54) is 44.1 Å². The van der Waals surface area contributed by atoms with Crippen molar-refractivity contribution in [3.63, 3.8) is 0 Å². The van der Waals surface area contributed by atoms with Gasteiger partial charge in [-0.25, -0.2) is 0 Å². The predicted molar refractivity (Wildman–Crippen MR) is 99.6 cm³/mol. The lowest BCUT2D eigenvalue weighted by molar-refractivity contribution is -0.118. The van der Waals surface area contributed by atoms with Crippen LogP contribution in [0.2, 0.25) is 5.02 Å². The number of ether oxygens (including phenoxy) is 1. The summed E-state index contributed by atoms with van der Waals surface area (Å²) in [6.07, 6.45) is 8.37. The fourth-order valence-corrected chi connectivity index (χ4v) is 7.12. The van der Waals surface area contributed by atoms with Crippen molar-refractivity contribution in [2.24, 2.45) is 16.7 Å². The molecule has 4 fully saturated rings. The van der Waals surface area contributed by atoms with Gasteiger partial charge in [-0.15, -0.1) is 0 Å². The van der Waals surface area contributed by atoms with Gasteiger partial charge in [0.05, 0.1) is 11.6 Å². The molecular weight excluding hydrogens is 318 g/mol. The maximum atomic E-state index is 6.35. The fraction of sp³-hybridized carbons (Fsp3) is 0.714. The first-order chi connectivity index (χ1) is 11.3. The quantitative estimate of drug-likeness (QED) is 0.751. The van der Waals surface area contributed by atoms with Crippen LogP contribution in [0.4, 0.5) is 0 Å². The van der Waals surface area contributed by atoms with Crippen LogP contribution in [-0.2, 0) is 6.54 Å². The molecule has 1 N–H and O–H groups in total. The van der Waals surface area contributed by atoms with E-state index in [0.717, 1.165) is 23.2 Å². The zero-order valence-corrected chi connectivity index (χ0v) is 16.0. The predicted octanol–water partition coefficient (Wildman–Crippen LogP) is 5.58. The molecule has 4 aliphatic carbocycles. The minimum absolute atomic E-state index is 0.341. The van der Waals surface area contributed by atoms with Gasteiger partial charge in [0.2, 0.25) is 0 Å². The molecule has 0 amide bonds. The topological polar surface area (TPSA) is 21.3 Å². The largest absolute Gasteiger partial charge is 0.492 e. The molecular formula is C21H30ClNO. The van der Waals surface area contributed by atoms with Crippen LogP contribution in [0.5, 0.6) is 5.75 Å². The molecule has 0 saturated heterocycles. The summed E-state index contributed by atoms with van der Waals surface area (Å²) < 4.78 is 5.54. The lowest BCUT2D eigenvalue weighted by atomic mass is 9.43. The van der Waals surface area contributed by atoms with Gasteiger partial charge in [0.15, 0.2) is 0 Å². The van der Waals surface area contributed by atoms with E-state index in [4.69, 9.17) is 16.3 Å². The van der Waals surface area contributed by atoms with E-state index in [2.05, 4.69) is 31.3 Å². The molecule has 0 heterocycles. The molecule has 132 valence electrons. The molecule has 2 unspecified atom stereocenters. The molecule has 0 aliphatic heterocycles. The van der Waals surface area contributed by atoms with Crippen LogP contribution in [0.25, 0.3) is 0 Å². The van der Waals surface area contributed by atoms with Crippen LogP contribution in [0.3, 0.4) is 0 Å². The normalized spacial score (nSPS) is 40.1. The first-order valence-corrected chi connectivity index (χ1v) is 9.87. The molecule has 4 bridgehead atoms. The number of halogens is 1. The molecule has 0 spiro atoms. The van der Waals surface area contributed by atoms with E-state index >= 15 is 0 Å². The van der Waals surface area contributed by atoms with Crippen LogP contribution >= 0.6 is 11.6 Å². The molecule has 1 aromatic carbocycles. The summed E-state index contributed by atoms with van der Waals surface area (Å²) >= 11 is 6.35. The number of hydrogen-bond acceptors (Lipinski definition) is 2. The Morgan fingerprint density at radius 2 is 1.83 bits per heavy atom. The van der Waals surface area contributed by atoms with E-state index < -0.39 is 0 Å². The molecule has 0 radical (unpaired) electrons. The highest BCUT2D eigenvalue weighted by molar-refractivity contribution is 6.32.